The van der Waals surface area contributed by atoms with E-state index in [1.54, 1.807) is 0 Å². The molecule has 2 aliphatic rings. The van der Waals surface area contributed by atoms with Crippen LogP contribution in [0, 0.1) is 5.41 Å². The Hall–Kier alpha value is -1.40. The first-order valence-electron chi connectivity index (χ1n) is 10.7. The molecule has 0 unspecified atom stereocenters. The quantitative estimate of drug-likeness (QED) is 0.759. The van der Waals surface area contributed by atoms with Crippen molar-refractivity contribution < 1.29 is 8.42 Å². The minimum atomic E-state index is -3.22. The van der Waals surface area contributed by atoms with Crippen molar-refractivity contribution in [3.63, 3.8) is 0 Å². The Balaban J connectivity index is 1.65. The highest BCUT2D eigenvalue weighted by atomic mass is 32.2. The molecular weight excluding hydrogens is 370 g/mol. The second-order valence-electron chi connectivity index (χ2n) is 9.85. The Kier molecular flexibility index (Phi) is 5.29. The number of hydrogen-bond donors (Lipinski definition) is 1. The van der Waals surface area contributed by atoms with Crippen LogP contribution in [0.1, 0.15) is 82.9 Å². The summed E-state index contributed by atoms with van der Waals surface area (Å²) in [5.74, 6) is 0.572. The van der Waals surface area contributed by atoms with Crippen molar-refractivity contribution in [1.29, 1.82) is 0 Å². The van der Waals surface area contributed by atoms with Crippen LogP contribution in [0.2, 0.25) is 0 Å². The molecule has 0 atom stereocenters. The standard InChI is InChI=1S/C22H33N3O2S/c1-22(2,3)15-25-14-17(13-23-28(26,27)18-9-6-10-18)19-11-12-20(24-21(19)25)16-7-4-5-8-16/h11-12,14,16,18,23H,4-10,13,15H2,1-3H3. The van der Waals surface area contributed by atoms with Gasteiger partial charge in [-0.25, -0.2) is 18.1 Å². The summed E-state index contributed by atoms with van der Waals surface area (Å²) in [6.07, 6.45) is 9.73. The van der Waals surface area contributed by atoms with Crippen LogP contribution in [0.4, 0.5) is 0 Å². The molecule has 0 radical (unpaired) electrons. The van der Waals surface area contributed by atoms with E-state index >= 15 is 0 Å². The molecule has 1 N–H and O–H groups in total. The molecule has 2 saturated carbocycles. The zero-order valence-electron chi connectivity index (χ0n) is 17.4. The van der Waals surface area contributed by atoms with Crippen LogP contribution < -0.4 is 4.72 Å². The first-order valence-corrected chi connectivity index (χ1v) is 12.2. The molecule has 0 bridgehead atoms. The van der Waals surface area contributed by atoms with E-state index in [0.29, 0.717) is 12.5 Å². The van der Waals surface area contributed by atoms with E-state index in [9.17, 15) is 8.42 Å². The number of fused-ring (bicyclic) bond motifs is 1. The van der Waals surface area contributed by atoms with Gasteiger partial charge in [0.1, 0.15) is 5.65 Å². The molecule has 4 rings (SSSR count). The van der Waals surface area contributed by atoms with E-state index in [1.165, 1.54) is 31.4 Å². The van der Waals surface area contributed by atoms with E-state index in [-0.39, 0.29) is 10.7 Å². The minimum Gasteiger partial charge on any atom is -0.332 e. The molecule has 154 valence electrons. The maximum Gasteiger partial charge on any atom is 0.214 e. The summed E-state index contributed by atoms with van der Waals surface area (Å²) in [5.41, 5.74) is 3.34. The molecule has 0 saturated heterocycles. The normalized spacial score (nSPS) is 19.4. The van der Waals surface area contributed by atoms with Gasteiger partial charge < -0.3 is 4.57 Å². The van der Waals surface area contributed by atoms with Crippen LogP contribution >= 0.6 is 0 Å². The van der Waals surface area contributed by atoms with E-state index in [2.05, 4.69) is 48.4 Å². The number of aromatic nitrogens is 2. The van der Waals surface area contributed by atoms with Gasteiger partial charge in [-0.05, 0) is 48.8 Å². The van der Waals surface area contributed by atoms with Gasteiger partial charge in [0.15, 0.2) is 0 Å². The molecule has 0 aromatic carbocycles. The van der Waals surface area contributed by atoms with Crippen molar-refractivity contribution in [2.45, 2.75) is 90.0 Å². The van der Waals surface area contributed by atoms with Crippen LogP contribution in [0.5, 0.6) is 0 Å². The van der Waals surface area contributed by atoms with Gasteiger partial charge in [0.05, 0.1) is 5.25 Å². The molecule has 0 amide bonds. The molecule has 28 heavy (non-hydrogen) atoms. The molecule has 5 nitrogen and oxygen atoms in total. The Morgan fingerprint density at radius 1 is 1.11 bits per heavy atom. The van der Waals surface area contributed by atoms with Crippen molar-refractivity contribution in [3.05, 3.63) is 29.6 Å². The number of nitrogens with one attached hydrogen (secondary N) is 1. The highest BCUT2D eigenvalue weighted by Crippen LogP contribution is 2.35. The van der Waals surface area contributed by atoms with E-state index in [1.807, 2.05) is 0 Å². The van der Waals surface area contributed by atoms with Crippen molar-refractivity contribution in [2.24, 2.45) is 5.41 Å². The predicted octanol–water partition coefficient (Wildman–Crippen LogP) is 4.71. The van der Waals surface area contributed by atoms with Crippen LogP contribution in [-0.4, -0.2) is 23.2 Å². The summed E-state index contributed by atoms with van der Waals surface area (Å²) < 4.78 is 30.0. The van der Waals surface area contributed by atoms with Crippen LogP contribution in [0.25, 0.3) is 11.0 Å². The summed E-state index contributed by atoms with van der Waals surface area (Å²) >= 11 is 0. The molecule has 2 aromatic heterocycles. The maximum atomic E-state index is 12.5. The fraction of sp³-hybridized carbons (Fsp3) is 0.682. The van der Waals surface area contributed by atoms with Crippen LogP contribution in [0.15, 0.2) is 18.3 Å². The van der Waals surface area contributed by atoms with Crippen LogP contribution in [0.3, 0.4) is 0 Å². The van der Waals surface area contributed by atoms with Crippen molar-refractivity contribution in [1.82, 2.24) is 14.3 Å². The molecule has 6 heteroatoms. The average molecular weight is 404 g/mol. The summed E-state index contributed by atoms with van der Waals surface area (Å²) in [5, 5.41) is 0.866. The minimum absolute atomic E-state index is 0.125. The Morgan fingerprint density at radius 2 is 1.82 bits per heavy atom. The van der Waals surface area contributed by atoms with E-state index in [0.717, 1.165) is 42.4 Å². The largest absolute Gasteiger partial charge is 0.332 e. The Bertz CT molecular complexity index is 946. The maximum absolute atomic E-state index is 12.5. The number of rotatable bonds is 6. The average Bonchev–Trinajstić information content (AvgIpc) is 3.18. The lowest BCUT2D eigenvalue weighted by molar-refractivity contribution is 0.348. The molecule has 2 fully saturated rings. The van der Waals surface area contributed by atoms with Crippen LogP contribution in [-0.2, 0) is 23.1 Å². The van der Waals surface area contributed by atoms with Gasteiger partial charge in [-0.15, -0.1) is 0 Å². The Labute approximate surface area is 169 Å². The smallest absolute Gasteiger partial charge is 0.214 e. The lowest BCUT2D eigenvalue weighted by Gasteiger charge is -2.25. The molecular formula is C22H33N3O2S. The zero-order chi connectivity index (χ0) is 19.9. The summed E-state index contributed by atoms with van der Waals surface area (Å²) in [6, 6.07) is 4.31. The first-order chi connectivity index (χ1) is 13.2. The van der Waals surface area contributed by atoms with Gasteiger partial charge in [0, 0.05) is 36.3 Å². The molecule has 0 spiro atoms. The first kappa shape index (κ1) is 19.9. The predicted molar refractivity (Wildman–Crippen MR) is 114 cm³/mol. The molecule has 2 aromatic rings. The molecule has 0 aliphatic heterocycles. The highest BCUT2D eigenvalue weighted by Gasteiger charge is 2.31. The third kappa shape index (κ3) is 4.13. The van der Waals surface area contributed by atoms with E-state index < -0.39 is 10.0 Å². The third-order valence-corrected chi connectivity index (χ3v) is 8.10. The summed E-state index contributed by atoms with van der Waals surface area (Å²) in [7, 11) is -3.22. The third-order valence-electron chi connectivity index (χ3n) is 6.20. The monoisotopic (exact) mass is 403 g/mol. The number of nitrogens with zero attached hydrogens (tertiary/aromatic N) is 2. The lowest BCUT2D eigenvalue weighted by atomic mass is 9.97. The van der Waals surface area contributed by atoms with Crippen molar-refractivity contribution in [2.75, 3.05) is 0 Å². The Morgan fingerprint density at radius 3 is 2.43 bits per heavy atom. The topological polar surface area (TPSA) is 64.0 Å². The second kappa shape index (κ2) is 7.45. The van der Waals surface area contributed by atoms with Crippen molar-refractivity contribution in [3.8, 4) is 0 Å². The van der Waals surface area contributed by atoms with Gasteiger partial charge in [-0.2, -0.15) is 0 Å². The number of pyridine rings is 1. The van der Waals surface area contributed by atoms with Gasteiger partial charge >= 0.3 is 0 Å². The summed E-state index contributed by atoms with van der Waals surface area (Å²) in [6.45, 7) is 7.87. The fourth-order valence-corrected chi connectivity index (χ4v) is 6.00. The SMILES string of the molecule is CC(C)(C)Cn1cc(CNS(=O)(=O)C2CCC2)c2ccc(C3CCCC3)nc21. The fourth-order valence-electron chi connectivity index (χ4n) is 4.45. The molecule has 2 heterocycles. The van der Waals surface area contributed by atoms with Gasteiger partial charge in [0.25, 0.3) is 0 Å². The van der Waals surface area contributed by atoms with Crippen molar-refractivity contribution >= 4 is 21.1 Å². The van der Waals surface area contributed by atoms with E-state index in [4.69, 9.17) is 4.98 Å². The summed E-state index contributed by atoms with van der Waals surface area (Å²) in [4.78, 5) is 5.05. The zero-order valence-corrected chi connectivity index (χ0v) is 18.2. The number of hydrogen-bond acceptors (Lipinski definition) is 3. The number of sulfonamides is 1. The van der Waals surface area contributed by atoms with Gasteiger partial charge in [-0.1, -0.05) is 40.0 Å². The molecule has 2 aliphatic carbocycles. The second-order valence-corrected chi connectivity index (χ2v) is 11.9. The van der Waals surface area contributed by atoms with Gasteiger partial charge in [-0.3, -0.25) is 0 Å². The highest BCUT2D eigenvalue weighted by molar-refractivity contribution is 7.90. The van der Waals surface area contributed by atoms with Gasteiger partial charge in [0.2, 0.25) is 10.0 Å². The lowest BCUT2D eigenvalue weighted by Crippen LogP contribution is -2.38.